The van der Waals surface area contributed by atoms with Gasteiger partial charge in [0, 0.05) is 24.9 Å². The van der Waals surface area contributed by atoms with Crippen LogP contribution in [0.2, 0.25) is 0 Å². The predicted molar refractivity (Wildman–Crippen MR) is 132 cm³/mol. The number of amides is 1. The zero-order chi connectivity index (χ0) is 24.2. The number of carbonyl (C=O) groups is 1. The van der Waals surface area contributed by atoms with E-state index in [0.717, 1.165) is 0 Å². The number of hydrogen-bond donors (Lipinski definition) is 0. The number of aromatic nitrogens is 1. The highest BCUT2D eigenvalue weighted by molar-refractivity contribution is 7.90. The van der Waals surface area contributed by atoms with Crippen LogP contribution in [0.5, 0.6) is 11.5 Å². The first-order valence-corrected chi connectivity index (χ1v) is 13.3. The standard InChI is InChI=1S/C23H29N3O5S2/c1-6-30-19-11-8-16(14-20(19)31-7-2)22(27)26(13-12-25(3)4)23-24-18-10-9-17(33(5,28)29)15-21(18)32-23/h8-11,14-15H,6-7,12-13H2,1-5H3. The van der Waals surface area contributed by atoms with Crippen molar-refractivity contribution < 1.29 is 22.7 Å². The highest BCUT2D eigenvalue weighted by Gasteiger charge is 2.23. The lowest BCUT2D eigenvalue weighted by atomic mass is 10.1. The number of hydrogen-bond acceptors (Lipinski definition) is 8. The van der Waals surface area contributed by atoms with Gasteiger partial charge in [0.1, 0.15) is 0 Å². The van der Waals surface area contributed by atoms with Crippen LogP contribution in [0.4, 0.5) is 5.13 Å². The van der Waals surface area contributed by atoms with Crippen LogP contribution in [0.3, 0.4) is 0 Å². The number of ether oxygens (including phenoxy) is 2. The van der Waals surface area contributed by atoms with Gasteiger partial charge in [0.2, 0.25) is 0 Å². The summed E-state index contributed by atoms with van der Waals surface area (Å²) in [7, 11) is 0.529. The molecular weight excluding hydrogens is 462 g/mol. The maximum atomic E-state index is 13.6. The molecule has 33 heavy (non-hydrogen) atoms. The molecule has 3 rings (SSSR count). The van der Waals surface area contributed by atoms with Crippen molar-refractivity contribution in [3.63, 3.8) is 0 Å². The van der Waals surface area contributed by atoms with E-state index in [9.17, 15) is 13.2 Å². The van der Waals surface area contributed by atoms with E-state index >= 15 is 0 Å². The molecule has 0 fully saturated rings. The van der Waals surface area contributed by atoms with E-state index in [1.807, 2.05) is 32.8 Å². The summed E-state index contributed by atoms with van der Waals surface area (Å²) in [5, 5.41) is 0.509. The summed E-state index contributed by atoms with van der Waals surface area (Å²) in [6.45, 7) is 5.75. The molecule has 1 aromatic heterocycles. The van der Waals surface area contributed by atoms with Gasteiger partial charge in [-0.15, -0.1) is 0 Å². The fourth-order valence-corrected chi connectivity index (χ4v) is 4.91. The quantitative estimate of drug-likeness (QED) is 0.427. The second-order valence-electron chi connectivity index (χ2n) is 7.69. The summed E-state index contributed by atoms with van der Waals surface area (Å²) in [5.74, 6) is 0.882. The number of benzene rings is 2. The van der Waals surface area contributed by atoms with Gasteiger partial charge in [-0.2, -0.15) is 0 Å². The molecule has 0 aliphatic rings. The van der Waals surface area contributed by atoms with Gasteiger partial charge in [0.15, 0.2) is 26.5 Å². The number of carbonyl (C=O) groups excluding carboxylic acids is 1. The lowest BCUT2D eigenvalue weighted by Crippen LogP contribution is -2.36. The van der Waals surface area contributed by atoms with Crippen molar-refractivity contribution in [1.82, 2.24) is 9.88 Å². The van der Waals surface area contributed by atoms with Crippen LogP contribution in [-0.2, 0) is 9.84 Å². The fraction of sp³-hybridized carbons (Fsp3) is 0.391. The molecule has 0 N–H and O–H groups in total. The molecule has 0 aliphatic heterocycles. The third-order valence-corrected chi connectivity index (χ3v) is 6.97. The summed E-state index contributed by atoms with van der Waals surface area (Å²) in [5.41, 5.74) is 1.10. The fourth-order valence-electron chi connectivity index (χ4n) is 3.16. The number of anilines is 1. The van der Waals surface area contributed by atoms with Gasteiger partial charge in [-0.25, -0.2) is 13.4 Å². The van der Waals surface area contributed by atoms with Crippen LogP contribution in [0, 0.1) is 0 Å². The minimum absolute atomic E-state index is 0.219. The molecule has 8 nitrogen and oxygen atoms in total. The van der Waals surface area contributed by atoms with Crippen LogP contribution in [-0.4, -0.2) is 70.9 Å². The molecule has 3 aromatic rings. The second kappa shape index (κ2) is 10.5. The van der Waals surface area contributed by atoms with Crippen molar-refractivity contribution in [3.05, 3.63) is 42.0 Å². The van der Waals surface area contributed by atoms with Crippen molar-refractivity contribution in [2.45, 2.75) is 18.7 Å². The Labute approximate surface area is 198 Å². The highest BCUT2D eigenvalue weighted by atomic mass is 32.2. The van der Waals surface area contributed by atoms with Crippen molar-refractivity contribution in [3.8, 4) is 11.5 Å². The maximum absolute atomic E-state index is 13.6. The Balaban J connectivity index is 2.02. The Bertz CT molecular complexity index is 1240. The van der Waals surface area contributed by atoms with E-state index in [-0.39, 0.29) is 10.8 Å². The monoisotopic (exact) mass is 491 g/mol. The van der Waals surface area contributed by atoms with Gasteiger partial charge in [-0.3, -0.25) is 9.69 Å². The molecule has 0 unspecified atom stereocenters. The summed E-state index contributed by atoms with van der Waals surface area (Å²) < 4.78 is 35.9. The van der Waals surface area contributed by atoms with Gasteiger partial charge < -0.3 is 14.4 Å². The zero-order valence-electron chi connectivity index (χ0n) is 19.5. The number of rotatable bonds is 10. The Morgan fingerprint density at radius 3 is 2.33 bits per heavy atom. The topological polar surface area (TPSA) is 89.0 Å². The van der Waals surface area contributed by atoms with Crippen molar-refractivity contribution >= 4 is 42.4 Å². The normalized spacial score (nSPS) is 11.7. The molecule has 1 heterocycles. The number of sulfone groups is 1. The number of nitrogens with zero attached hydrogens (tertiary/aromatic N) is 3. The lowest BCUT2D eigenvalue weighted by Gasteiger charge is -2.22. The SMILES string of the molecule is CCOc1ccc(C(=O)N(CCN(C)C)c2nc3ccc(S(C)(=O)=O)cc3s2)cc1OCC. The minimum Gasteiger partial charge on any atom is -0.490 e. The summed E-state index contributed by atoms with van der Waals surface area (Å²) in [4.78, 5) is 22.0. The first-order chi connectivity index (χ1) is 15.6. The van der Waals surface area contributed by atoms with Crippen molar-refractivity contribution in [2.75, 3.05) is 51.6 Å². The summed E-state index contributed by atoms with van der Waals surface area (Å²) in [6, 6.07) is 9.95. The summed E-state index contributed by atoms with van der Waals surface area (Å²) in [6.07, 6.45) is 1.17. The van der Waals surface area contributed by atoms with Gasteiger partial charge in [-0.05, 0) is 64.3 Å². The molecule has 0 radical (unpaired) electrons. The van der Waals surface area contributed by atoms with Crippen molar-refractivity contribution in [1.29, 1.82) is 0 Å². The van der Waals surface area contributed by atoms with E-state index < -0.39 is 9.84 Å². The Kier molecular flexibility index (Phi) is 7.93. The Hall–Kier alpha value is -2.69. The third kappa shape index (κ3) is 6.01. The third-order valence-electron chi connectivity index (χ3n) is 4.81. The molecule has 0 saturated heterocycles. The second-order valence-corrected chi connectivity index (χ2v) is 10.7. The van der Waals surface area contributed by atoms with Gasteiger partial charge in [0.05, 0.1) is 28.3 Å². The maximum Gasteiger partial charge on any atom is 0.260 e. The van der Waals surface area contributed by atoms with Crippen LogP contribution < -0.4 is 14.4 Å². The molecule has 10 heteroatoms. The number of likely N-dealkylation sites (N-methyl/N-ethyl adjacent to an activating group) is 1. The van der Waals surface area contributed by atoms with Crippen LogP contribution in [0.1, 0.15) is 24.2 Å². The molecule has 0 aliphatic carbocycles. The van der Waals surface area contributed by atoms with Crippen molar-refractivity contribution in [2.24, 2.45) is 0 Å². The number of fused-ring (bicyclic) bond motifs is 1. The minimum atomic E-state index is -3.34. The van der Waals surface area contributed by atoms with E-state index in [0.29, 0.717) is 58.7 Å². The first-order valence-electron chi connectivity index (χ1n) is 10.6. The molecule has 0 atom stereocenters. The highest BCUT2D eigenvalue weighted by Crippen LogP contribution is 2.33. The Morgan fingerprint density at radius 1 is 1.00 bits per heavy atom. The van der Waals surface area contributed by atoms with Gasteiger partial charge in [-0.1, -0.05) is 11.3 Å². The van der Waals surface area contributed by atoms with E-state index in [4.69, 9.17) is 9.47 Å². The van der Waals surface area contributed by atoms with Crippen LogP contribution >= 0.6 is 11.3 Å². The van der Waals surface area contributed by atoms with E-state index in [1.165, 1.54) is 23.7 Å². The molecule has 1 amide bonds. The largest absolute Gasteiger partial charge is 0.490 e. The first kappa shape index (κ1) is 24.9. The Morgan fingerprint density at radius 2 is 1.70 bits per heavy atom. The molecule has 0 spiro atoms. The van der Waals surface area contributed by atoms with E-state index in [1.54, 1.807) is 35.2 Å². The smallest absolute Gasteiger partial charge is 0.260 e. The molecule has 0 saturated carbocycles. The summed E-state index contributed by atoms with van der Waals surface area (Å²) >= 11 is 1.29. The number of thiazole rings is 1. The predicted octanol–water partition coefficient (Wildman–Crippen LogP) is 3.71. The molecular formula is C23H29N3O5S2. The zero-order valence-corrected chi connectivity index (χ0v) is 21.1. The molecule has 2 aromatic carbocycles. The average Bonchev–Trinajstić information content (AvgIpc) is 3.17. The van der Waals surface area contributed by atoms with Crippen LogP contribution in [0.25, 0.3) is 10.2 Å². The van der Waals surface area contributed by atoms with Gasteiger partial charge >= 0.3 is 0 Å². The average molecular weight is 492 g/mol. The molecule has 178 valence electrons. The van der Waals surface area contributed by atoms with Crippen LogP contribution in [0.15, 0.2) is 41.3 Å². The molecule has 0 bridgehead atoms. The van der Waals surface area contributed by atoms with Gasteiger partial charge in [0.25, 0.3) is 5.91 Å². The van der Waals surface area contributed by atoms with E-state index in [2.05, 4.69) is 4.98 Å². The lowest BCUT2D eigenvalue weighted by molar-refractivity contribution is 0.0984.